The number of rotatable bonds is 5. The van der Waals surface area contributed by atoms with Gasteiger partial charge in [0.05, 0.1) is 19.9 Å². The predicted octanol–water partition coefficient (Wildman–Crippen LogP) is 1.05. The van der Waals surface area contributed by atoms with E-state index in [0.717, 1.165) is 11.3 Å². The average Bonchev–Trinajstić information content (AvgIpc) is 2.97. The van der Waals surface area contributed by atoms with Crippen molar-refractivity contribution >= 4 is 11.7 Å². The van der Waals surface area contributed by atoms with Gasteiger partial charge in [-0.3, -0.25) is 0 Å². The Kier molecular flexibility index (Phi) is 3.91. The van der Waals surface area contributed by atoms with Gasteiger partial charge >= 0.3 is 0 Å². The molecular weight excluding hydrogens is 248 g/mol. The van der Waals surface area contributed by atoms with Gasteiger partial charge in [0.15, 0.2) is 11.5 Å². The molecule has 8 heteroatoms. The second-order valence-corrected chi connectivity index (χ2v) is 3.61. The van der Waals surface area contributed by atoms with Crippen LogP contribution in [-0.4, -0.2) is 40.6 Å². The van der Waals surface area contributed by atoms with E-state index in [1.54, 1.807) is 14.2 Å². The molecule has 0 radical (unpaired) electrons. The highest BCUT2D eigenvalue weighted by Gasteiger charge is 2.06. The fraction of sp³-hybridized carbons (Fsp3) is 0.273. The number of methoxy groups -OCH3 is 2. The summed E-state index contributed by atoms with van der Waals surface area (Å²) < 4.78 is 10.4. The van der Waals surface area contributed by atoms with E-state index in [1.165, 1.54) is 0 Å². The number of nitrogens with one attached hydrogen (secondary N) is 2. The van der Waals surface area contributed by atoms with Gasteiger partial charge in [-0.05, 0) is 30.3 Å². The molecule has 2 aromatic rings. The number of H-pyrrole nitrogens is 1. The SMILES string of the molecule is COc1ccc(/C(C)=N/Nc2nn[nH]n2)cc1OC. The highest BCUT2D eigenvalue weighted by molar-refractivity contribution is 5.99. The van der Waals surface area contributed by atoms with Crippen LogP contribution in [0.4, 0.5) is 5.95 Å². The fourth-order valence-electron chi connectivity index (χ4n) is 1.47. The monoisotopic (exact) mass is 262 g/mol. The quantitative estimate of drug-likeness (QED) is 0.617. The number of hydrogen-bond donors (Lipinski definition) is 2. The van der Waals surface area contributed by atoms with Crippen molar-refractivity contribution in [1.82, 2.24) is 20.6 Å². The minimum atomic E-state index is 0.305. The number of hydrazone groups is 1. The average molecular weight is 262 g/mol. The smallest absolute Gasteiger partial charge is 0.283 e. The first-order valence-electron chi connectivity index (χ1n) is 5.50. The molecule has 0 atom stereocenters. The van der Waals surface area contributed by atoms with Crippen LogP contribution < -0.4 is 14.9 Å². The molecule has 0 saturated heterocycles. The Labute approximate surface area is 109 Å². The molecule has 0 saturated carbocycles. The molecule has 0 amide bonds. The van der Waals surface area contributed by atoms with Crippen molar-refractivity contribution in [3.05, 3.63) is 23.8 Å². The van der Waals surface area contributed by atoms with Gasteiger partial charge in [0.25, 0.3) is 5.95 Å². The van der Waals surface area contributed by atoms with E-state index >= 15 is 0 Å². The predicted molar refractivity (Wildman–Crippen MR) is 69.6 cm³/mol. The first-order valence-corrected chi connectivity index (χ1v) is 5.50. The molecule has 100 valence electrons. The van der Waals surface area contributed by atoms with Crippen LogP contribution in [0.5, 0.6) is 11.5 Å². The third-order valence-electron chi connectivity index (χ3n) is 2.47. The zero-order chi connectivity index (χ0) is 13.7. The Morgan fingerprint density at radius 2 is 2.05 bits per heavy atom. The number of nitrogens with zero attached hydrogens (tertiary/aromatic N) is 4. The molecule has 2 rings (SSSR count). The molecule has 0 aliphatic rings. The van der Waals surface area contributed by atoms with Crippen LogP contribution in [-0.2, 0) is 0 Å². The van der Waals surface area contributed by atoms with E-state index in [-0.39, 0.29) is 0 Å². The fourth-order valence-corrected chi connectivity index (χ4v) is 1.47. The largest absolute Gasteiger partial charge is 0.493 e. The standard InChI is InChI=1S/C11H14N6O2/c1-7(12-13-11-14-16-17-15-11)8-4-5-9(18-2)10(6-8)19-3/h4-6H,1-3H3,(H2,13,14,15,16,17)/b12-7+. The Hall–Kier alpha value is -2.64. The zero-order valence-electron chi connectivity index (χ0n) is 10.8. The maximum atomic E-state index is 5.24. The summed E-state index contributed by atoms with van der Waals surface area (Å²) in [7, 11) is 3.18. The lowest BCUT2D eigenvalue weighted by atomic mass is 10.1. The van der Waals surface area contributed by atoms with Crippen LogP contribution in [0, 0.1) is 0 Å². The summed E-state index contributed by atoms with van der Waals surface area (Å²) in [6, 6.07) is 5.55. The molecule has 1 heterocycles. The Balaban J connectivity index is 2.18. The van der Waals surface area contributed by atoms with Gasteiger partial charge in [-0.1, -0.05) is 5.10 Å². The van der Waals surface area contributed by atoms with Gasteiger partial charge < -0.3 is 9.47 Å². The van der Waals surface area contributed by atoms with E-state index in [4.69, 9.17) is 9.47 Å². The molecule has 0 aliphatic heterocycles. The summed E-state index contributed by atoms with van der Waals surface area (Å²) in [5.74, 6) is 1.62. The van der Waals surface area contributed by atoms with E-state index in [0.29, 0.717) is 17.4 Å². The minimum Gasteiger partial charge on any atom is -0.493 e. The van der Waals surface area contributed by atoms with Crippen LogP contribution in [0.1, 0.15) is 12.5 Å². The number of hydrogen-bond acceptors (Lipinski definition) is 7. The van der Waals surface area contributed by atoms with Crippen LogP contribution >= 0.6 is 0 Å². The second kappa shape index (κ2) is 5.80. The molecule has 2 N–H and O–H groups in total. The van der Waals surface area contributed by atoms with Gasteiger partial charge in [0.1, 0.15) is 0 Å². The van der Waals surface area contributed by atoms with E-state index < -0.39 is 0 Å². The molecular formula is C11H14N6O2. The van der Waals surface area contributed by atoms with Gasteiger partial charge in [-0.25, -0.2) is 5.43 Å². The van der Waals surface area contributed by atoms with Gasteiger partial charge in [-0.15, -0.1) is 5.10 Å². The van der Waals surface area contributed by atoms with Crippen molar-refractivity contribution in [1.29, 1.82) is 0 Å². The van der Waals surface area contributed by atoms with Crippen LogP contribution in [0.25, 0.3) is 0 Å². The van der Waals surface area contributed by atoms with Crippen LogP contribution in [0.2, 0.25) is 0 Å². The van der Waals surface area contributed by atoms with Crippen LogP contribution in [0.15, 0.2) is 23.3 Å². The first-order chi connectivity index (χ1) is 9.24. The number of ether oxygens (including phenoxy) is 2. The lowest BCUT2D eigenvalue weighted by Crippen LogP contribution is -2.02. The van der Waals surface area contributed by atoms with E-state index in [1.807, 2.05) is 25.1 Å². The molecule has 19 heavy (non-hydrogen) atoms. The summed E-state index contributed by atoms with van der Waals surface area (Å²) in [5.41, 5.74) is 4.34. The van der Waals surface area contributed by atoms with Gasteiger partial charge in [0, 0.05) is 5.56 Å². The maximum Gasteiger partial charge on any atom is 0.283 e. The Morgan fingerprint density at radius 1 is 1.26 bits per heavy atom. The van der Waals surface area contributed by atoms with Crippen molar-refractivity contribution < 1.29 is 9.47 Å². The molecule has 0 fully saturated rings. The molecule has 1 aromatic heterocycles. The maximum absolute atomic E-state index is 5.24. The highest BCUT2D eigenvalue weighted by Crippen LogP contribution is 2.27. The second-order valence-electron chi connectivity index (χ2n) is 3.61. The van der Waals surface area contributed by atoms with Gasteiger partial charge in [-0.2, -0.15) is 10.3 Å². The number of anilines is 1. The number of aromatic nitrogens is 4. The lowest BCUT2D eigenvalue weighted by Gasteiger charge is -2.09. The number of tetrazole rings is 1. The third kappa shape index (κ3) is 2.97. The van der Waals surface area contributed by atoms with Crippen molar-refractivity contribution in [2.24, 2.45) is 5.10 Å². The molecule has 0 bridgehead atoms. The Morgan fingerprint density at radius 3 is 2.68 bits per heavy atom. The molecule has 0 unspecified atom stereocenters. The van der Waals surface area contributed by atoms with E-state index in [2.05, 4.69) is 31.2 Å². The minimum absolute atomic E-state index is 0.305. The van der Waals surface area contributed by atoms with E-state index in [9.17, 15) is 0 Å². The third-order valence-corrected chi connectivity index (χ3v) is 2.47. The van der Waals surface area contributed by atoms with Crippen molar-refractivity contribution in [3.8, 4) is 11.5 Å². The van der Waals surface area contributed by atoms with Crippen LogP contribution in [0.3, 0.4) is 0 Å². The first kappa shape index (κ1) is 12.8. The molecule has 0 aliphatic carbocycles. The zero-order valence-corrected chi connectivity index (χ0v) is 10.8. The highest BCUT2D eigenvalue weighted by atomic mass is 16.5. The summed E-state index contributed by atoms with van der Waals surface area (Å²) in [6.07, 6.45) is 0. The number of benzene rings is 1. The van der Waals surface area contributed by atoms with Crippen molar-refractivity contribution in [3.63, 3.8) is 0 Å². The summed E-state index contributed by atoms with van der Waals surface area (Å²) in [5, 5.41) is 17.4. The lowest BCUT2D eigenvalue weighted by molar-refractivity contribution is 0.355. The Bertz CT molecular complexity index is 567. The van der Waals surface area contributed by atoms with Crippen molar-refractivity contribution in [2.75, 3.05) is 19.6 Å². The molecule has 1 aromatic carbocycles. The van der Waals surface area contributed by atoms with Crippen molar-refractivity contribution in [2.45, 2.75) is 6.92 Å². The summed E-state index contributed by atoms with van der Waals surface area (Å²) >= 11 is 0. The number of aromatic amines is 1. The van der Waals surface area contributed by atoms with Gasteiger partial charge in [0.2, 0.25) is 0 Å². The topological polar surface area (TPSA) is 97.3 Å². The summed E-state index contributed by atoms with van der Waals surface area (Å²) in [4.78, 5) is 0. The normalized spacial score (nSPS) is 11.2. The summed E-state index contributed by atoms with van der Waals surface area (Å²) in [6.45, 7) is 1.86. The molecule has 8 nitrogen and oxygen atoms in total. The molecule has 0 spiro atoms.